The topological polar surface area (TPSA) is 58.6 Å². The van der Waals surface area contributed by atoms with E-state index in [0.717, 1.165) is 25.7 Å². The summed E-state index contributed by atoms with van der Waals surface area (Å²) in [7, 11) is 1.62. The molecule has 1 aromatic rings. The molecule has 2 unspecified atom stereocenters. The van der Waals surface area contributed by atoms with E-state index >= 15 is 0 Å². The van der Waals surface area contributed by atoms with Gasteiger partial charge in [-0.15, -0.1) is 0 Å². The lowest BCUT2D eigenvalue weighted by atomic mass is 9.97. The van der Waals surface area contributed by atoms with Crippen LogP contribution >= 0.6 is 0 Å². The van der Waals surface area contributed by atoms with Crippen LogP contribution < -0.4 is 5.32 Å². The number of ether oxygens (including phenoxy) is 1. The van der Waals surface area contributed by atoms with Crippen molar-refractivity contribution in [2.75, 3.05) is 13.7 Å². The Morgan fingerprint density at radius 3 is 2.78 bits per heavy atom. The zero-order valence-electron chi connectivity index (χ0n) is 13.1. The van der Waals surface area contributed by atoms with Crippen LogP contribution in [0.15, 0.2) is 24.3 Å². The van der Waals surface area contributed by atoms with E-state index in [1.165, 1.54) is 17.0 Å². The molecule has 1 N–H and O–H groups in total. The lowest BCUT2D eigenvalue weighted by molar-refractivity contribution is -0.162. The molecule has 124 valence electrons. The molecule has 2 fully saturated rings. The Kier molecular flexibility index (Phi) is 4.61. The Labute approximate surface area is 134 Å². The Hall–Kier alpha value is -1.95. The van der Waals surface area contributed by atoms with Crippen LogP contribution in [-0.2, 0) is 14.3 Å². The highest BCUT2D eigenvalue weighted by atomic mass is 19.1. The van der Waals surface area contributed by atoms with Crippen molar-refractivity contribution in [2.24, 2.45) is 0 Å². The third kappa shape index (κ3) is 3.37. The Bertz CT molecular complexity index is 601. The van der Waals surface area contributed by atoms with Crippen LogP contribution in [0.5, 0.6) is 0 Å². The van der Waals surface area contributed by atoms with Crippen molar-refractivity contribution in [3.05, 3.63) is 35.6 Å². The standard InChI is InChI=1S/C17H21FN2O3/c1-20-14(21)10-23-16(17(22)19-13-7-2-3-8-13)15(20)11-5-4-6-12(18)9-11/h4-6,9,13,15-16H,2-3,7-8,10H2,1H3,(H,19,22). The number of amides is 2. The number of carbonyl (C=O) groups is 2. The molecule has 0 aromatic heterocycles. The largest absolute Gasteiger partial charge is 0.356 e. The van der Waals surface area contributed by atoms with Crippen molar-refractivity contribution in [2.45, 2.75) is 43.9 Å². The average molecular weight is 320 g/mol. The van der Waals surface area contributed by atoms with Crippen LogP contribution in [-0.4, -0.2) is 42.5 Å². The number of hydrogen-bond donors (Lipinski definition) is 1. The fourth-order valence-corrected chi connectivity index (χ4v) is 3.37. The Morgan fingerprint density at radius 2 is 2.09 bits per heavy atom. The molecule has 5 nitrogen and oxygen atoms in total. The van der Waals surface area contributed by atoms with Crippen LogP contribution in [0.2, 0.25) is 0 Å². The lowest BCUT2D eigenvalue weighted by Crippen LogP contribution is -2.54. The second kappa shape index (κ2) is 6.66. The second-order valence-electron chi connectivity index (χ2n) is 6.23. The molecule has 6 heteroatoms. The lowest BCUT2D eigenvalue weighted by Gasteiger charge is -2.38. The molecule has 23 heavy (non-hydrogen) atoms. The normalized spacial score (nSPS) is 25.7. The highest BCUT2D eigenvalue weighted by Crippen LogP contribution is 2.30. The van der Waals surface area contributed by atoms with Gasteiger partial charge in [-0.1, -0.05) is 25.0 Å². The Balaban J connectivity index is 1.83. The number of morpholine rings is 1. The van der Waals surface area contributed by atoms with E-state index in [1.807, 2.05) is 0 Å². The molecule has 2 amide bonds. The zero-order valence-corrected chi connectivity index (χ0v) is 13.1. The number of benzene rings is 1. The average Bonchev–Trinajstić information content (AvgIpc) is 3.02. The van der Waals surface area contributed by atoms with Crippen LogP contribution in [0.1, 0.15) is 37.3 Å². The summed E-state index contributed by atoms with van der Waals surface area (Å²) in [4.78, 5) is 26.0. The summed E-state index contributed by atoms with van der Waals surface area (Å²) in [5, 5.41) is 3.00. The first kappa shape index (κ1) is 15.9. The van der Waals surface area contributed by atoms with Gasteiger partial charge in [-0.2, -0.15) is 0 Å². The molecule has 2 aliphatic rings. The van der Waals surface area contributed by atoms with E-state index in [-0.39, 0.29) is 24.5 Å². The summed E-state index contributed by atoms with van der Waals surface area (Å²) in [6, 6.07) is 5.52. The SMILES string of the molecule is CN1C(=O)COC(C(=O)NC2CCCC2)C1c1cccc(F)c1. The van der Waals surface area contributed by atoms with Crippen molar-refractivity contribution < 1.29 is 18.7 Å². The first-order valence-corrected chi connectivity index (χ1v) is 7.99. The van der Waals surface area contributed by atoms with E-state index < -0.39 is 18.0 Å². The summed E-state index contributed by atoms with van der Waals surface area (Å²) < 4.78 is 19.1. The first-order chi connectivity index (χ1) is 11.1. The van der Waals surface area contributed by atoms with Crippen LogP contribution in [0.25, 0.3) is 0 Å². The third-order valence-electron chi connectivity index (χ3n) is 4.63. The fourth-order valence-electron chi connectivity index (χ4n) is 3.37. The molecular weight excluding hydrogens is 299 g/mol. The maximum atomic E-state index is 13.6. The van der Waals surface area contributed by atoms with Crippen molar-refractivity contribution in [1.82, 2.24) is 10.2 Å². The molecule has 1 saturated carbocycles. The number of carbonyl (C=O) groups excluding carboxylic acids is 2. The molecule has 1 heterocycles. The van der Waals surface area contributed by atoms with E-state index in [2.05, 4.69) is 5.32 Å². The summed E-state index contributed by atoms with van der Waals surface area (Å²) >= 11 is 0. The van der Waals surface area contributed by atoms with E-state index in [4.69, 9.17) is 4.74 Å². The van der Waals surface area contributed by atoms with Crippen molar-refractivity contribution in [3.63, 3.8) is 0 Å². The van der Waals surface area contributed by atoms with Crippen molar-refractivity contribution in [1.29, 1.82) is 0 Å². The number of nitrogens with one attached hydrogen (secondary N) is 1. The zero-order chi connectivity index (χ0) is 16.4. The fraction of sp³-hybridized carbons (Fsp3) is 0.529. The molecule has 1 aliphatic heterocycles. The van der Waals surface area contributed by atoms with Gasteiger partial charge in [-0.3, -0.25) is 9.59 Å². The quantitative estimate of drug-likeness (QED) is 0.923. The van der Waals surface area contributed by atoms with Gasteiger partial charge in [0, 0.05) is 13.1 Å². The monoisotopic (exact) mass is 320 g/mol. The third-order valence-corrected chi connectivity index (χ3v) is 4.63. The van der Waals surface area contributed by atoms with Gasteiger partial charge in [-0.25, -0.2) is 4.39 Å². The molecule has 1 saturated heterocycles. The molecule has 2 atom stereocenters. The number of halogens is 1. The summed E-state index contributed by atoms with van der Waals surface area (Å²) in [5.41, 5.74) is 0.562. The summed E-state index contributed by atoms with van der Waals surface area (Å²) in [6.07, 6.45) is 3.35. The highest BCUT2D eigenvalue weighted by Gasteiger charge is 2.40. The number of rotatable bonds is 3. The van der Waals surface area contributed by atoms with E-state index in [9.17, 15) is 14.0 Å². The van der Waals surface area contributed by atoms with Crippen LogP contribution in [0, 0.1) is 5.82 Å². The highest BCUT2D eigenvalue weighted by molar-refractivity contribution is 5.86. The van der Waals surface area contributed by atoms with E-state index in [1.54, 1.807) is 19.2 Å². The summed E-state index contributed by atoms with van der Waals surface area (Å²) in [5.74, 6) is -0.849. The molecule has 1 aromatic carbocycles. The van der Waals surface area contributed by atoms with Crippen LogP contribution in [0.3, 0.4) is 0 Å². The predicted octanol–water partition coefficient (Wildman–Crippen LogP) is 1.78. The van der Waals surface area contributed by atoms with Gasteiger partial charge < -0.3 is 15.0 Å². The van der Waals surface area contributed by atoms with E-state index in [0.29, 0.717) is 5.56 Å². The number of likely N-dealkylation sites (N-methyl/N-ethyl adjacent to an activating group) is 1. The molecule has 0 spiro atoms. The van der Waals surface area contributed by atoms with Gasteiger partial charge in [0.1, 0.15) is 12.4 Å². The summed E-state index contributed by atoms with van der Waals surface area (Å²) in [6.45, 7) is -0.134. The Morgan fingerprint density at radius 1 is 1.35 bits per heavy atom. The minimum atomic E-state index is -0.819. The minimum Gasteiger partial charge on any atom is -0.356 e. The van der Waals surface area contributed by atoms with Crippen LogP contribution in [0.4, 0.5) is 4.39 Å². The van der Waals surface area contributed by atoms with Gasteiger partial charge in [0.2, 0.25) is 5.91 Å². The molecule has 0 radical (unpaired) electrons. The molecule has 3 rings (SSSR count). The number of hydrogen-bond acceptors (Lipinski definition) is 3. The predicted molar refractivity (Wildman–Crippen MR) is 82.0 cm³/mol. The minimum absolute atomic E-state index is 0.134. The maximum absolute atomic E-state index is 13.6. The van der Waals surface area contributed by atoms with Gasteiger partial charge in [0.15, 0.2) is 6.10 Å². The van der Waals surface area contributed by atoms with Crippen molar-refractivity contribution >= 4 is 11.8 Å². The molecule has 1 aliphatic carbocycles. The second-order valence-corrected chi connectivity index (χ2v) is 6.23. The number of nitrogens with zero attached hydrogens (tertiary/aromatic N) is 1. The van der Waals surface area contributed by atoms with Gasteiger partial charge >= 0.3 is 0 Å². The smallest absolute Gasteiger partial charge is 0.251 e. The molecule has 0 bridgehead atoms. The van der Waals surface area contributed by atoms with Gasteiger partial charge in [0.25, 0.3) is 5.91 Å². The first-order valence-electron chi connectivity index (χ1n) is 7.99. The van der Waals surface area contributed by atoms with Gasteiger partial charge in [-0.05, 0) is 30.5 Å². The van der Waals surface area contributed by atoms with Crippen molar-refractivity contribution in [3.8, 4) is 0 Å². The van der Waals surface area contributed by atoms with Gasteiger partial charge in [0.05, 0.1) is 6.04 Å². The molecular formula is C17H21FN2O3. The maximum Gasteiger partial charge on any atom is 0.251 e.